The molecule has 122 valence electrons. The Morgan fingerprint density at radius 2 is 1.58 bits per heavy atom. The predicted molar refractivity (Wildman–Crippen MR) is 97.5 cm³/mol. The van der Waals surface area contributed by atoms with Gasteiger partial charge in [-0.3, -0.25) is 4.72 Å². The van der Waals surface area contributed by atoms with Gasteiger partial charge in [0.1, 0.15) is 5.82 Å². The van der Waals surface area contributed by atoms with Crippen LogP contribution >= 0.6 is 11.8 Å². The molecule has 0 saturated carbocycles. The van der Waals surface area contributed by atoms with Crippen molar-refractivity contribution >= 4 is 27.6 Å². The summed E-state index contributed by atoms with van der Waals surface area (Å²) in [5, 5.41) is 0. The fraction of sp³-hybridized carbons (Fsp3) is 0.0556. The van der Waals surface area contributed by atoms with Crippen LogP contribution < -0.4 is 4.72 Å². The van der Waals surface area contributed by atoms with Crippen LogP contribution in [0.15, 0.2) is 88.8 Å². The summed E-state index contributed by atoms with van der Waals surface area (Å²) in [6.07, 6.45) is 1.54. The highest BCUT2D eigenvalue weighted by atomic mass is 32.2. The fourth-order valence-corrected chi connectivity index (χ4v) is 3.94. The van der Waals surface area contributed by atoms with Crippen LogP contribution in [0.5, 0.6) is 0 Å². The van der Waals surface area contributed by atoms with Crippen molar-refractivity contribution < 1.29 is 8.42 Å². The number of anilines is 1. The lowest BCUT2D eigenvalue weighted by atomic mass is 10.2. The summed E-state index contributed by atoms with van der Waals surface area (Å²) in [5.41, 5.74) is 1.23. The second-order valence-electron chi connectivity index (χ2n) is 5.07. The molecule has 6 heteroatoms. The van der Waals surface area contributed by atoms with E-state index in [1.54, 1.807) is 48.3 Å². The highest BCUT2D eigenvalue weighted by Gasteiger charge is 2.14. The maximum absolute atomic E-state index is 12.3. The highest BCUT2D eigenvalue weighted by Crippen LogP contribution is 2.24. The van der Waals surface area contributed by atoms with Crippen molar-refractivity contribution in [3.8, 4) is 0 Å². The molecule has 0 amide bonds. The molecule has 0 radical (unpaired) electrons. The Morgan fingerprint density at radius 3 is 2.25 bits per heavy atom. The topological polar surface area (TPSA) is 59.1 Å². The van der Waals surface area contributed by atoms with Gasteiger partial charge in [0.05, 0.1) is 4.90 Å². The zero-order valence-electron chi connectivity index (χ0n) is 12.8. The van der Waals surface area contributed by atoms with E-state index >= 15 is 0 Å². The SMILES string of the molecule is O=S(=O)(Nc1ccccn1)c1ccc(SCc2ccccc2)cc1. The van der Waals surface area contributed by atoms with Gasteiger partial charge in [0.2, 0.25) is 0 Å². The number of hydrogen-bond acceptors (Lipinski definition) is 4. The predicted octanol–water partition coefficient (Wildman–Crippen LogP) is 4.17. The number of benzene rings is 2. The van der Waals surface area contributed by atoms with Crippen molar-refractivity contribution in [1.29, 1.82) is 0 Å². The maximum Gasteiger partial charge on any atom is 0.263 e. The van der Waals surface area contributed by atoms with Crippen molar-refractivity contribution in [3.63, 3.8) is 0 Å². The zero-order valence-corrected chi connectivity index (χ0v) is 14.4. The van der Waals surface area contributed by atoms with Gasteiger partial charge < -0.3 is 0 Å². The molecule has 4 nitrogen and oxygen atoms in total. The van der Waals surface area contributed by atoms with E-state index in [-0.39, 0.29) is 4.90 Å². The van der Waals surface area contributed by atoms with E-state index in [1.807, 2.05) is 30.3 Å². The van der Waals surface area contributed by atoms with Gasteiger partial charge in [-0.2, -0.15) is 0 Å². The summed E-state index contributed by atoms with van der Waals surface area (Å²) in [4.78, 5) is 5.22. The lowest BCUT2D eigenvalue weighted by Gasteiger charge is -2.08. The van der Waals surface area contributed by atoms with E-state index in [1.165, 1.54) is 5.56 Å². The number of rotatable bonds is 6. The molecule has 1 heterocycles. The van der Waals surface area contributed by atoms with Gasteiger partial charge in [0.25, 0.3) is 10.0 Å². The van der Waals surface area contributed by atoms with Gasteiger partial charge in [-0.05, 0) is 42.0 Å². The average Bonchev–Trinajstić information content (AvgIpc) is 2.62. The van der Waals surface area contributed by atoms with E-state index in [0.717, 1.165) is 10.6 Å². The summed E-state index contributed by atoms with van der Waals surface area (Å²) < 4.78 is 27.1. The van der Waals surface area contributed by atoms with Crippen molar-refractivity contribution in [1.82, 2.24) is 4.98 Å². The van der Waals surface area contributed by atoms with Crippen LogP contribution in [0.3, 0.4) is 0 Å². The summed E-state index contributed by atoms with van der Waals surface area (Å²) in [5.74, 6) is 1.15. The van der Waals surface area contributed by atoms with Gasteiger partial charge in [0, 0.05) is 16.8 Å². The second-order valence-corrected chi connectivity index (χ2v) is 7.80. The molecule has 3 rings (SSSR count). The lowest BCUT2D eigenvalue weighted by Crippen LogP contribution is -2.13. The first-order valence-electron chi connectivity index (χ1n) is 7.34. The van der Waals surface area contributed by atoms with Gasteiger partial charge >= 0.3 is 0 Å². The van der Waals surface area contributed by atoms with Gasteiger partial charge in [0.15, 0.2) is 0 Å². The smallest absolute Gasteiger partial charge is 0.263 e. The minimum absolute atomic E-state index is 0.220. The molecule has 0 fully saturated rings. The van der Waals surface area contributed by atoms with Crippen molar-refractivity contribution in [2.75, 3.05) is 4.72 Å². The average molecular weight is 356 g/mol. The Bertz CT molecular complexity index is 881. The number of pyridine rings is 1. The van der Waals surface area contributed by atoms with Crippen LogP contribution in [-0.2, 0) is 15.8 Å². The molecular weight excluding hydrogens is 340 g/mol. The number of hydrogen-bond donors (Lipinski definition) is 1. The molecule has 0 atom stereocenters. The number of thioether (sulfide) groups is 1. The molecule has 0 unspecified atom stereocenters. The Hall–Kier alpha value is -2.31. The summed E-state index contributed by atoms with van der Waals surface area (Å²) in [7, 11) is -3.62. The van der Waals surface area contributed by atoms with E-state index in [9.17, 15) is 8.42 Å². The lowest BCUT2D eigenvalue weighted by molar-refractivity contribution is 0.601. The van der Waals surface area contributed by atoms with Crippen LogP contribution in [0.4, 0.5) is 5.82 Å². The quantitative estimate of drug-likeness (QED) is 0.673. The van der Waals surface area contributed by atoms with Crippen LogP contribution in [0.25, 0.3) is 0 Å². The minimum Gasteiger partial charge on any atom is -0.263 e. The first kappa shape index (κ1) is 16.5. The molecule has 0 bridgehead atoms. The van der Waals surface area contributed by atoms with E-state index < -0.39 is 10.0 Å². The molecule has 0 aliphatic heterocycles. The molecule has 3 aromatic rings. The molecule has 1 N–H and O–H groups in total. The highest BCUT2D eigenvalue weighted by molar-refractivity contribution is 7.98. The third-order valence-corrected chi connectivity index (χ3v) is 5.74. The summed E-state index contributed by atoms with van der Waals surface area (Å²) in [6.45, 7) is 0. The van der Waals surface area contributed by atoms with Gasteiger partial charge in [-0.25, -0.2) is 13.4 Å². The van der Waals surface area contributed by atoms with E-state index in [2.05, 4.69) is 21.8 Å². The second kappa shape index (κ2) is 7.51. The monoisotopic (exact) mass is 356 g/mol. The van der Waals surface area contributed by atoms with Crippen LogP contribution in [0, 0.1) is 0 Å². The Morgan fingerprint density at radius 1 is 0.875 bits per heavy atom. The van der Waals surface area contributed by atoms with Crippen LogP contribution in [0.2, 0.25) is 0 Å². The maximum atomic E-state index is 12.3. The molecule has 0 saturated heterocycles. The number of nitrogens with zero attached hydrogens (tertiary/aromatic N) is 1. The normalized spacial score (nSPS) is 11.2. The third kappa shape index (κ3) is 4.37. The molecule has 24 heavy (non-hydrogen) atoms. The largest absolute Gasteiger partial charge is 0.263 e. The van der Waals surface area contributed by atoms with E-state index in [4.69, 9.17) is 0 Å². The summed E-state index contributed by atoms with van der Waals surface area (Å²) >= 11 is 1.67. The van der Waals surface area contributed by atoms with Gasteiger partial charge in [-0.1, -0.05) is 36.4 Å². The van der Waals surface area contributed by atoms with Crippen molar-refractivity contribution in [3.05, 3.63) is 84.6 Å². The fourth-order valence-electron chi connectivity index (χ4n) is 2.08. The molecule has 2 aromatic carbocycles. The molecule has 0 aliphatic rings. The third-order valence-electron chi connectivity index (χ3n) is 3.29. The standard InChI is InChI=1S/C18H16N2O2S2/c21-24(22,20-18-8-4-5-13-19-18)17-11-9-16(10-12-17)23-14-15-6-2-1-3-7-15/h1-13H,14H2,(H,19,20). The first-order valence-corrected chi connectivity index (χ1v) is 9.81. The number of nitrogens with one attached hydrogen (secondary N) is 1. The molecular formula is C18H16N2O2S2. The Labute approximate surface area is 146 Å². The van der Waals surface area contributed by atoms with Crippen molar-refractivity contribution in [2.24, 2.45) is 0 Å². The zero-order chi connectivity index (χ0) is 16.8. The van der Waals surface area contributed by atoms with Gasteiger partial charge in [-0.15, -0.1) is 11.8 Å². The molecule has 0 aliphatic carbocycles. The van der Waals surface area contributed by atoms with E-state index in [0.29, 0.717) is 5.82 Å². The number of sulfonamides is 1. The van der Waals surface area contributed by atoms with Crippen LogP contribution in [-0.4, -0.2) is 13.4 Å². The minimum atomic E-state index is -3.62. The van der Waals surface area contributed by atoms with Crippen LogP contribution in [0.1, 0.15) is 5.56 Å². The molecule has 1 aromatic heterocycles. The van der Waals surface area contributed by atoms with Crippen molar-refractivity contribution in [2.45, 2.75) is 15.5 Å². The Kier molecular flexibility index (Phi) is 5.17. The first-order chi connectivity index (χ1) is 11.6. The Balaban J connectivity index is 1.67. The summed E-state index contributed by atoms with van der Waals surface area (Å²) in [6, 6.07) is 22.1. The molecule has 0 spiro atoms. The number of aromatic nitrogens is 1.